The van der Waals surface area contributed by atoms with Crippen molar-refractivity contribution in [3.8, 4) is 0 Å². The number of carbonyl (C=O) groups excluding carboxylic acids is 1. The molecule has 4 nitrogen and oxygen atoms in total. The molecule has 0 radical (unpaired) electrons. The monoisotopic (exact) mass is 249 g/mol. The number of hydrogen-bond donors (Lipinski definition) is 0. The predicted molar refractivity (Wildman–Crippen MR) is 64.2 cm³/mol. The summed E-state index contributed by atoms with van der Waals surface area (Å²) in [6, 6.07) is 0. The Morgan fingerprint density at radius 2 is 1.88 bits per heavy atom. The summed E-state index contributed by atoms with van der Waals surface area (Å²) >= 11 is 0. The molecule has 1 saturated heterocycles. The molecular weight excluding hydrogens is 225 g/mol. The lowest BCUT2D eigenvalue weighted by atomic mass is 10.1. The number of carbonyl (C=O) groups is 1. The number of hydrogen-bond acceptors (Lipinski definition) is 4. The third-order valence-corrected chi connectivity index (χ3v) is 2.19. The summed E-state index contributed by atoms with van der Waals surface area (Å²) < 4.78 is 22.3. The topological polar surface area (TPSA) is 38.8 Å². The van der Waals surface area contributed by atoms with Gasteiger partial charge in [-0.05, 0) is 40.5 Å². The van der Waals surface area contributed by atoms with Gasteiger partial charge in [0.2, 0.25) is 0 Å². The van der Waals surface area contributed by atoms with Gasteiger partial charge in [0.15, 0.2) is 0 Å². The molecule has 5 heteroatoms. The number of nitrogens with zero attached hydrogens (tertiary/aromatic N) is 1. The van der Waals surface area contributed by atoms with E-state index in [-0.39, 0.29) is 5.60 Å². The van der Waals surface area contributed by atoms with E-state index in [1.807, 2.05) is 27.7 Å². The lowest BCUT2D eigenvalue weighted by Gasteiger charge is -2.25. The fourth-order valence-corrected chi connectivity index (χ4v) is 1.37. The number of rotatable bonds is 3. The van der Waals surface area contributed by atoms with E-state index in [1.54, 1.807) is 0 Å². The fourth-order valence-electron chi connectivity index (χ4n) is 1.37. The normalized spacial score (nSPS) is 18.2. The van der Waals surface area contributed by atoms with E-state index in [1.165, 1.54) is 0 Å². The van der Waals surface area contributed by atoms with Gasteiger partial charge in [-0.25, -0.2) is 0 Å². The second-order valence-corrected chi connectivity index (χ2v) is 4.89. The molecule has 0 atom stereocenters. The van der Waals surface area contributed by atoms with Crippen molar-refractivity contribution in [2.24, 2.45) is 0 Å². The van der Waals surface area contributed by atoms with Crippen molar-refractivity contribution in [3.63, 3.8) is 0 Å². The molecule has 1 aliphatic rings. The summed E-state index contributed by atoms with van der Waals surface area (Å²) in [6.45, 7) is 9.71. The quantitative estimate of drug-likeness (QED) is 0.568. The van der Waals surface area contributed by atoms with E-state index in [0.29, 0.717) is 25.7 Å². The fraction of sp³-hybridized carbons (Fsp3) is 0.917. The summed E-state index contributed by atoms with van der Waals surface area (Å²) in [5.74, 6) is 0. The van der Waals surface area contributed by atoms with E-state index in [2.05, 4.69) is 4.74 Å². The first kappa shape index (κ1) is 16.3. The zero-order valence-electron chi connectivity index (χ0n) is 11.2. The number of halogens is 1. The summed E-state index contributed by atoms with van der Waals surface area (Å²) in [4.78, 5) is 9.60. The molecule has 102 valence electrons. The SMILES string of the molecule is CC(C)(C)OC=O.CCOC1CCN(F)CC1. The van der Waals surface area contributed by atoms with Crippen molar-refractivity contribution in [2.75, 3.05) is 19.7 Å². The Hall–Kier alpha value is -0.680. The molecular formula is C12H24FNO3. The van der Waals surface area contributed by atoms with Gasteiger partial charge in [-0.1, -0.05) is 0 Å². The predicted octanol–water partition coefficient (Wildman–Crippen LogP) is 2.33. The lowest BCUT2D eigenvalue weighted by molar-refractivity contribution is -0.138. The molecule has 0 aliphatic carbocycles. The van der Waals surface area contributed by atoms with Crippen LogP contribution in [0, 0.1) is 0 Å². The molecule has 1 fully saturated rings. The Kier molecular flexibility index (Phi) is 8.08. The molecule has 17 heavy (non-hydrogen) atoms. The van der Waals surface area contributed by atoms with Crippen LogP contribution in [-0.4, -0.2) is 43.0 Å². The van der Waals surface area contributed by atoms with Crippen molar-refractivity contribution < 1.29 is 18.7 Å². The van der Waals surface area contributed by atoms with Gasteiger partial charge in [0, 0.05) is 19.7 Å². The Morgan fingerprint density at radius 1 is 1.35 bits per heavy atom. The molecule has 0 bridgehead atoms. The van der Waals surface area contributed by atoms with Crippen molar-refractivity contribution in [1.82, 2.24) is 5.12 Å². The van der Waals surface area contributed by atoms with Crippen LogP contribution in [-0.2, 0) is 14.3 Å². The van der Waals surface area contributed by atoms with Gasteiger partial charge in [0.05, 0.1) is 6.10 Å². The zero-order valence-corrected chi connectivity index (χ0v) is 11.2. The van der Waals surface area contributed by atoms with E-state index < -0.39 is 0 Å². The Balaban J connectivity index is 0.000000325. The molecule has 0 aromatic rings. The van der Waals surface area contributed by atoms with Crippen LogP contribution in [0.2, 0.25) is 0 Å². The van der Waals surface area contributed by atoms with Gasteiger partial charge >= 0.3 is 0 Å². The molecule has 0 saturated carbocycles. The molecule has 0 unspecified atom stereocenters. The third-order valence-electron chi connectivity index (χ3n) is 2.19. The highest BCUT2D eigenvalue weighted by atomic mass is 19.2. The second kappa shape index (κ2) is 8.42. The smallest absolute Gasteiger partial charge is 0.293 e. The first-order valence-electron chi connectivity index (χ1n) is 6.02. The molecule has 0 amide bonds. The summed E-state index contributed by atoms with van der Waals surface area (Å²) in [5.41, 5.74) is -0.318. The van der Waals surface area contributed by atoms with Crippen LogP contribution in [0.5, 0.6) is 0 Å². The highest BCUT2D eigenvalue weighted by Gasteiger charge is 2.18. The minimum Gasteiger partial charge on any atom is -0.462 e. The van der Waals surface area contributed by atoms with Crippen LogP contribution in [0.3, 0.4) is 0 Å². The standard InChI is InChI=1S/C7H14FNO.C5H10O2/c1-2-10-7-3-5-9(8)6-4-7;1-5(2,3)7-4-6/h7H,2-6H2,1H3;4H,1-3H3. The second-order valence-electron chi connectivity index (χ2n) is 4.89. The maximum Gasteiger partial charge on any atom is 0.293 e. The van der Waals surface area contributed by atoms with Gasteiger partial charge in [-0.3, -0.25) is 4.79 Å². The van der Waals surface area contributed by atoms with Gasteiger partial charge < -0.3 is 9.47 Å². The number of ether oxygens (including phenoxy) is 2. The van der Waals surface area contributed by atoms with Crippen LogP contribution in [0.1, 0.15) is 40.5 Å². The van der Waals surface area contributed by atoms with E-state index in [0.717, 1.165) is 24.6 Å². The molecule has 1 heterocycles. The van der Waals surface area contributed by atoms with Crippen LogP contribution in [0.4, 0.5) is 4.48 Å². The number of piperidine rings is 1. The van der Waals surface area contributed by atoms with Gasteiger partial charge in [0.25, 0.3) is 6.47 Å². The summed E-state index contributed by atoms with van der Waals surface area (Å²) in [5, 5.41) is 0.857. The van der Waals surface area contributed by atoms with Crippen molar-refractivity contribution in [2.45, 2.75) is 52.2 Å². The van der Waals surface area contributed by atoms with Gasteiger partial charge in [0.1, 0.15) is 5.60 Å². The minimum absolute atomic E-state index is 0.303. The van der Waals surface area contributed by atoms with Gasteiger partial charge in [-0.2, -0.15) is 0 Å². The highest BCUT2D eigenvalue weighted by molar-refractivity contribution is 5.37. The average Bonchev–Trinajstić information content (AvgIpc) is 2.21. The van der Waals surface area contributed by atoms with Crippen molar-refractivity contribution in [1.29, 1.82) is 0 Å². The summed E-state index contributed by atoms with van der Waals surface area (Å²) in [6.07, 6.45) is 1.98. The van der Waals surface area contributed by atoms with Crippen molar-refractivity contribution >= 4 is 6.47 Å². The molecule has 0 N–H and O–H groups in total. The van der Waals surface area contributed by atoms with E-state index in [4.69, 9.17) is 4.74 Å². The molecule has 0 spiro atoms. The van der Waals surface area contributed by atoms with Crippen LogP contribution in [0.15, 0.2) is 0 Å². The largest absolute Gasteiger partial charge is 0.462 e. The van der Waals surface area contributed by atoms with Crippen LogP contribution < -0.4 is 0 Å². The van der Waals surface area contributed by atoms with Gasteiger partial charge in [-0.15, -0.1) is 9.60 Å². The summed E-state index contributed by atoms with van der Waals surface area (Å²) in [7, 11) is 0. The lowest BCUT2D eigenvalue weighted by Crippen LogP contribution is -2.31. The van der Waals surface area contributed by atoms with E-state index in [9.17, 15) is 9.28 Å². The average molecular weight is 249 g/mol. The Morgan fingerprint density at radius 3 is 2.18 bits per heavy atom. The molecule has 1 aliphatic heterocycles. The molecule has 0 aromatic heterocycles. The zero-order chi connectivity index (χ0) is 13.3. The first-order valence-corrected chi connectivity index (χ1v) is 6.02. The first-order chi connectivity index (χ1) is 7.89. The van der Waals surface area contributed by atoms with E-state index >= 15 is 0 Å². The Bertz CT molecular complexity index is 198. The van der Waals surface area contributed by atoms with Crippen LogP contribution >= 0.6 is 0 Å². The Labute approximate surface area is 103 Å². The minimum atomic E-state index is -0.318. The molecule has 1 rings (SSSR count). The maximum absolute atomic E-state index is 12.4. The third kappa shape index (κ3) is 10.2. The maximum atomic E-state index is 12.4. The highest BCUT2D eigenvalue weighted by Crippen LogP contribution is 2.12. The van der Waals surface area contributed by atoms with Crippen molar-refractivity contribution in [3.05, 3.63) is 0 Å². The van der Waals surface area contributed by atoms with Crippen LogP contribution in [0.25, 0.3) is 0 Å². The molecule has 0 aromatic carbocycles.